The summed E-state index contributed by atoms with van der Waals surface area (Å²) in [6.07, 6.45) is 8.81. The van der Waals surface area contributed by atoms with Crippen molar-refractivity contribution in [3.05, 3.63) is 23.8 Å². The minimum Gasteiger partial charge on any atom is -0.481 e. The lowest BCUT2D eigenvalue weighted by atomic mass is 9.64. The van der Waals surface area contributed by atoms with Crippen LogP contribution < -0.4 is 10.6 Å². The quantitative estimate of drug-likeness (QED) is 0.808. The number of rotatable bonds is 5. The van der Waals surface area contributed by atoms with E-state index < -0.39 is 11.4 Å². The molecule has 0 bridgehead atoms. The monoisotopic (exact) mass is 316 g/mol. The van der Waals surface area contributed by atoms with Crippen LogP contribution in [0.25, 0.3) is 0 Å². The van der Waals surface area contributed by atoms with E-state index in [1.165, 1.54) is 32.1 Å². The maximum Gasteiger partial charge on any atom is 0.314 e. The Hall–Kier alpha value is -1.71. The van der Waals surface area contributed by atoms with Crippen LogP contribution in [0.4, 0.5) is 11.4 Å². The number of nitrogens with zero attached hydrogens (tertiary/aromatic N) is 1. The Morgan fingerprint density at radius 1 is 1.26 bits per heavy atom. The normalized spacial score (nSPS) is 20.7. The topological polar surface area (TPSA) is 66.6 Å². The predicted molar refractivity (Wildman–Crippen MR) is 93.9 cm³/mol. The minimum absolute atomic E-state index is 0.569. The van der Waals surface area contributed by atoms with Gasteiger partial charge in [0.2, 0.25) is 0 Å². The molecular formula is C19H28N2O2. The second-order valence-electron chi connectivity index (χ2n) is 7.09. The standard InChI is InChI=1S/C19H28N2O2/c1-2-21(15-7-4-3-5-8-15)17-10-9-14(13-16(17)20)19(18(22)23)11-6-12-19/h9-10,13,15H,2-8,11-12,20H2,1H3,(H,22,23). The summed E-state index contributed by atoms with van der Waals surface area (Å²) in [5.74, 6) is -0.712. The van der Waals surface area contributed by atoms with Crippen LogP contribution in [0.5, 0.6) is 0 Å². The molecule has 0 heterocycles. The van der Waals surface area contributed by atoms with Gasteiger partial charge in [-0.2, -0.15) is 0 Å². The number of hydrogen-bond acceptors (Lipinski definition) is 3. The second-order valence-corrected chi connectivity index (χ2v) is 7.09. The summed E-state index contributed by atoms with van der Waals surface area (Å²) in [4.78, 5) is 14.1. The van der Waals surface area contributed by atoms with Gasteiger partial charge >= 0.3 is 5.97 Å². The van der Waals surface area contributed by atoms with Crippen molar-refractivity contribution in [2.24, 2.45) is 0 Å². The minimum atomic E-state index is -0.712. The van der Waals surface area contributed by atoms with Gasteiger partial charge in [0.05, 0.1) is 16.8 Å². The van der Waals surface area contributed by atoms with Gasteiger partial charge in [-0.3, -0.25) is 4.79 Å². The van der Waals surface area contributed by atoms with E-state index in [4.69, 9.17) is 5.73 Å². The second kappa shape index (κ2) is 6.42. The number of aliphatic carboxylic acids is 1. The fourth-order valence-corrected chi connectivity index (χ4v) is 4.29. The van der Waals surface area contributed by atoms with Crippen LogP contribution >= 0.6 is 0 Å². The molecule has 0 saturated heterocycles. The number of carboxylic acid groups (broad SMARTS) is 1. The number of benzene rings is 1. The van der Waals surface area contributed by atoms with Crippen molar-refractivity contribution in [3.63, 3.8) is 0 Å². The number of nitrogen functional groups attached to an aromatic ring is 1. The molecule has 3 N–H and O–H groups in total. The third-order valence-electron chi connectivity index (χ3n) is 5.86. The van der Waals surface area contributed by atoms with Gasteiger partial charge in [-0.1, -0.05) is 31.7 Å². The van der Waals surface area contributed by atoms with E-state index in [0.29, 0.717) is 6.04 Å². The summed E-state index contributed by atoms with van der Waals surface area (Å²) in [6, 6.07) is 6.52. The van der Waals surface area contributed by atoms with Crippen LogP contribution in [-0.2, 0) is 10.2 Å². The molecule has 0 atom stereocenters. The number of nitrogens with two attached hydrogens (primary N) is 1. The zero-order chi connectivity index (χ0) is 16.4. The highest BCUT2D eigenvalue weighted by molar-refractivity contribution is 5.84. The van der Waals surface area contributed by atoms with E-state index in [1.54, 1.807) is 0 Å². The van der Waals surface area contributed by atoms with Gasteiger partial charge in [-0.05, 0) is 50.3 Å². The summed E-state index contributed by atoms with van der Waals surface area (Å²) < 4.78 is 0. The fraction of sp³-hybridized carbons (Fsp3) is 0.632. The Kier molecular flexibility index (Phi) is 4.51. The molecule has 1 aromatic carbocycles. The molecule has 0 spiro atoms. The first-order valence-electron chi connectivity index (χ1n) is 8.98. The van der Waals surface area contributed by atoms with Crippen LogP contribution in [0.1, 0.15) is 63.9 Å². The summed E-state index contributed by atoms with van der Waals surface area (Å²) in [5, 5.41) is 9.61. The van der Waals surface area contributed by atoms with Gasteiger partial charge in [0.1, 0.15) is 0 Å². The lowest BCUT2D eigenvalue weighted by Gasteiger charge is -2.39. The van der Waals surface area contributed by atoms with E-state index in [1.807, 2.05) is 18.2 Å². The van der Waals surface area contributed by atoms with Crippen LogP contribution in [0.3, 0.4) is 0 Å². The SMILES string of the molecule is CCN(c1ccc(C2(C(=O)O)CCC2)cc1N)C1CCCCC1. The maximum absolute atomic E-state index is 11.7. The molecule has 0 aromatic heterocycles. The molecule has 1 aromatic rings. The average molecular weight is 316 g/mol. The highest BCUT2D eigenvalue weighted by atomic mass is 16.4. The predicted octanol–water partition coefficient (Wildman–Crippen LogP) is 3.93. The third kappa shape index (κ3) is 2.79. The Morgan fingerprint density at radius 3 is 2.43 bits per heavy atom. The van der Waals surface area contributed by atoms with Gasteiger partial charge in [0.15, 0.2) is 0 Å². The van der Waals surface area contributed by atoms with E-state index in [9.17, 15) is 9.90 Å². The average Bonchev–Trinajstić information content (AvgIpc) is 2.49. The number of hydrogen-bond donors (Lipinski definition) is 2. The van der Waals surface area contributed by atoms with Crippen molar-refractivity contribution < 1.29 is 9.90 Å². The van der Waals surface area contributed by atoms with Gasteiger partial charge in [0.25, 0.3) is 0 Å². The Balaban J connectivity index is 1.87. The molecule has 2 aliphatic rings. The van der Waals surface area contributed by atoms with Crippen molar-refractivity contribution in [1.29, 1.82) is 0 Å². The number of carboxylic acids is 1. The zero-order valence-electron chi connectivity index (χ0n) is 14.1. The molecule has 3 rings (SSSR count). The molecule has 0 amide bonds. The Bertz CT molecular complexity index is 575. The summed E-state index contributed by atoms with van der Waals surface area (Å²) in [7, 11) is 0. The van der Waals surface area contributed by atoms with Crippen LogP contribution in [0.15, 0.2) is 18.2 Å². The largest absolute Gasteiger partial charge is 0.481 e. The molecule has 4 heteroatoms. The van der Waals surface area contributed by atoms with Gasteiger partial charge < -0.3 is 15.7 Å². The van der Waals surface area contributed by atoms with Crippen molar-refractivity contribution >= 4 is 17.3 Å². The first-order valence-corrected chi connectivity index (χ1v) is 8.98. The van der Waals surface area contributed by atoms with E-state index >= 15 is 0 Å². The third-order valence-corrected chi connectivity index (χ3v) is 5.86. The number of carbonyl (C=O) groups is 1. The van der Waals surface area contributed by atoms with Crippen molar-refractivity contribution in [2.45, 2.75) is 69.7 Å². The molecule has 4 nitrogen and oxygen atoms in total. The molecule has 2 aliphatic carbocycles. The lowest BCUT2D eigenvalue weighted by molar-refractivity contribution is -0.147. The molecular weight excluding hydrogens is 288 g/mol. The summed E-state index contributed by atoms with van der Waals surface area (Å²) in [6.45, 7) is 3.12. The van der Waals surface area contributed by atoms with Crippen molar-refractivity contribution in [1.82, 2.24) is 0 Å². The molecule has 2 saturated carbocycles. The van der Waals surface area contributed by atoms with Crippen LogP contribution in [0.2, 0.25) is 0 Å². The summed E-state index contributed by atoms with van der Waals surface area (Å²) >= 11 is 0. The van der Waals surface area contributed by atoms with Gasteiger partial charge in [-0.15, -0.1) is 0 Å². The van der Waals surface area contributed by atoms with Crippen molar-refractivity contribution in [3.8, 4) is 0 Å². The van der Waals surface area contributed by atoms with Gasteiger partial charge in [-0.25, -0.2) is 0 Å². The van der Waals surface area contributed by atoms with E-state index in [0.717, 1.165) is 42.7 Å². The molecule has 23 heavy (non-hydrogen) atoms. The molecule has 126 valence electrons. The van der Waals surface area contributed by atoms with Crippen LogP contribution in [0, 0.1) is 0 Å². The highest BCUT2D eigenvalue weighted by Gasteiger charge is 2.46. The number of anilines is 2. The molecule has 0 radical (unpaired) electrons. The highest BCUT2D eigenvalue weighted by Crippen LogP contribution is 2.45. The van der Waals surface area contributed by atoms with E-state index in [2.05, 4.69) is 11.8 Å². The molecule has 0 unspecified atom stereocenters. The first-order chi connectivity index (χ1) is 11.1. The van der Waals surface area contributed by atoms with Crippen molar-refractivity contribution in [2.75, 3.05) is 17.2 Å². The zero-order valence-corrected chi connectivity index (χ0v) is 14.1. The van der Waals surface area contributed by atoms with Gasteiger partial charge in [0, 0.05) is 12.6 Å². The molecule has 2 fully saturated rings. The smallest absolute Gasteiger partial charge is 0.314 e. The lowest BCUT2D eigenvalue weighted by Crippen LogP contribution is -2.42. The fourth-order valence-electron chi connectivity index (χ4n) is 4.29. The molecule has 0 aliphatic heterocycles. The maximum atomic E-state index is 11.7. The van der Waals surface area contributed by atoms with E-state index in [-0.39, 0.29) is 0 Å². The Morgan fingerprint density at radius 2 is 1.96 bits per heavy atom. The summed E-state index contributed by atoms with van der Waals surface area (Å²) in [5.41, 5.74) is 8.31. The first kappa shape index (κ1) is 16.2. The Labute approximate surface area is 138 Å². The van der Waals surface area contributed by atoms with Crippen LogP contribution in [-0.4, -0.2) is 23.7 Å².